The summed E-state index contributed by atoms with van der Waals surface area (Å²) in [5, 5.41) is 0. The molecular weight excluding hydrogens is 246 g/mol. The van der Waals surface area contributed by atoms with Crippen LogP contribution in [0.1, 0.15) is 11.1 Å². The molecule has 0 amide bonds. The molecule has 0 aliphatic carbocycles. The first kappa shape index (κ1) is 12.1. The van der Waals surface area contributed by atoms with Crippen LogP contribution in [0.4, 0.5) is 8.78 Å². The predicted octanol–water partition coefficient (Wildman–Crippen LogP) is 3.90. The Morgan fingerprint density at radius 2 is 1.42 bits per heavy atom. The molecule has 1 unspecified atom stereocenters. The van der Waals surface area contributed by atoms with Crippen molar-refractivity contribution in [2.24, 2.45) is 0 Å². The lowest BCUT2D eigenvalue weighted by Gasteiger charge is -2.16. The number of halogens is 2. The van der Waals surface area contributed by atoms with Gasteiger partial charge in [0, 0.05) is 0 Å². The highest BCUT2D eigenvalue weighted by Gasteiger charge is 2.49. The number of benzene rings is 2. The second kappa shape index (κ2) is 4.28. The Labute approximate surface area is 110 Å². The van der Waals surface area contributed by atoms with Crippen LogP contribution in [0.5, 0.6) is 0 Å². The number of rotatable bonds is 3. The Morgan fingerprint density at radius 1 is 0.947 bits per heavy atom. The van der Waals surface area contributed by atoms with Crippen LogP contribution in [0.3, 0.4) is 0 Å². The highest BCUT2D eigenvalue weighted by Crippen LogP contribution is 2.48. The average molecular weight is 258 g/mol. The van der Waals surface area contributed by atoms with Crippen molar-refractivity contribution in [3.05, 3.63) is 77.9 Å². The Kier molecular flexibility index (Phi) is 2.72. The lowest BCUT2D eigenvalue weighted by molar-refractivity contribution is 0.365. The molecule has 2 aromatic carbocycles. The third kappa shape index (κ3) is 2.06. The zero-order valence-electron chi connectivity index (χ0n) is 10.2. The predicted molar refractivity (Wildman–Crippen MR) is 69.5 cm³/mol. The number of hydrogen-bond donors (Lipinski definition) is 0. The van der Waals surface area contributed by atoms with Crippen LogP contribution in [-0.4, -0.2) is 6.61 Å². The maximum absolute atomic E-state index is 13.0. The SMILES string of the molecule is C=C(c1ccc(F)cc1)C1(c2ccc(F)cc2)CO1. The van der Waals surface area contributed by atoms with Gasteiger partial charge in [0.25, 0.3) is 0 Å². The molecule has 96 valence electrons. The lowest BCUT2D eigenvalue weighted by atomic mass is 9.88. The normalized spacial score (nSPS) is 21.2. The van der Waals surface area contributed by atoms with Gasteiger partial charge in [0.05, 0.1) is 6.61 Å². The summed E-state index contributed by atoms with van der Waals surface area (Å²) in [7, 11) is 0. The molecule has 1 fully saturated rings. The monoisotopic (exact) mass is 258 g/mol. The van der Waals surface area contributed by atoms with Gasteiger partial charge in [-0.05, 0) is 41.0 Å². The minimum atomic E-state index is -0.592. The number of epoxide rings is 1. The van der Waals surface area contributed by atoms with E-state index in [1.54, 1.807) is 24.3 Å². The van der Waals surface area contributed by atoms with E-state index in [4.69, 9.17) is 4.74 Å². The third-order valence-corrected chi connectivity index (χ3v) is 3.42. The van der Waals surface area contributed by atoms with Gasteiger partial charge in [-0.15, -0.1) is 0 Å². The summed E-state index contributed by atoms with van der Waals surface area (Å²) < 4.78 is 31.4. The summed E-state index contributed by atoms with van der Waals surface area (Å²) in [6.07, 6.45) is 0. The maximum Gasteiger partial charge on any atom is 0.142 e. The van der Waals surface area contributed by atoms with Crippen LogP contribution in [0.25, 0.3) is 5.57 Å². The molecule has 1 aliphatic heterocycles. The molecule has 1 saturated heterocycles. The average Bonchev–Trinajstić information content (AvgIpc) is 3.21. The van der Waals surface area contributed by atoms with Gasteiger partial charge in [0.2, 0.25) is 0 Å². The zero-order valence-corrected chi connectivity index (χ0v) is 10.2. The number of hydrogen-bond acceptors (Lipinski definition) is 1. The first-order valence-corrected chi connectivity index (χ1v) is 5.97. The molecule has 0 N–H and O–H groups in total. The zero-order chi connectivity index (χ0) is 13.5. The molecule has 1 aliphatic rings. The van der Waals surface area contributed by atoms with E-state index in [1.807, 2.05) is 0 Å². The number of ether oxygens (including phenoxy) is 1. The van der Waals surface area contributed by atoms with Crippen LogP contribution in [0, 0.1) is 11.6 Å². The molecule has 3 heteroatoms. The fraction of sp³-hybridized carbons (Fsp3) is 0.125. The fourth-order valence-electron chi connectivity index (χ4n) is 2.19. The molecule has 1 nitrogen and oxygen atoms in total. The van der Waals surface area contributed by atoms with Crippen molar-refractivity contribution in [3.63, 3.8) is 0 Å². The van der Waals surface area contributed by atoms with E-state index >= 15 is 0 Å². The summed E-state index contributed by atoms with van der Waals surface area (Å²) in [5.41, 5.74) is 1.86. The molecule has 3 rings (SSSR count). The van der Waals surface area contributed by atoms with Gasteiger partial charge >= 0.3 is 0 Å². The summed E-state index contributed by atoms with van der Waals surface area (Å²) >= 11 is 0. The molecule has 2 aromatic rings. The summed E-state index contributed by atoms with van der Waals surface area (Å²) in [4.78, 5) is 0. The fourth-order valence-corrected chi connectivity index (χ4v) is 2.19. The van der Waals surface area contributed by atoms with Crippen molar-refractivity contribution < 1.29 is 13.5 Å². The highest BCUT2D eigenvalue weighted by atomic mass is 19.1. The summed E-state index contributed by atoms with van der Waals surface area (Å²) in [6.45, 7) is 4.56. The van der Waals surface area contributed by atoms with E-state index in [1.165, 1.54) is 24.3 Å². The van der Waals surface area contributed by atoms with E-state index in [0.29, 0.717) is 6.61 Å². The van der Waals surface area contributed by atoms with Crippen molar-refractivity contribution in [3.8, 4) is 0 Å². The van der Waals surface area contributed by atoms with Crippen molar-refractivity contribution in [2.45, 2.75) is 5.60 Å². The van der Waals surface area contributed by atoms with Gasteiger partial charge in [-0.2, -0.15) is 0 Å². The third-order valence-electron chi connectivity index (χ3n) is 3.42. The van der Waals surface area contributed by atoms with Crippen LogP contribution in [0.15, 0.2) is 55.1 Å². The van der Waals surface area contributed by atoms with Gasteiger partial charge in [-0.25, -0.2) is 8.78 Å². The van der Waals surface area contributed by atoms with Crippen molar-refractivity contribution in [2.75, 3.05) is 6.61 Å². The molecule has 0 spiro atoms. The van der Waals surface area contributed by atoms with E-state index in [-0.39, 0.29) is 11.6 Å². The second-order valence-corrected chi connectivity index (χ2v) is 4.61. The molecule has 19 heavy (non-hydrogen) atoms. The Balaban J connectivity index is 1.94. The van der Waals surface area contributed by atoms with Crippen LogP contribution >= 0.6 is 0 Å². The molecule has 0 aromatic heterocycles. The maximum atomic E-state index is 13.0. The highest BCUT2D eigenvalue weighted by molar-refractivity contribution is 5.74. The first-order chi connectivity index (χ1) is 9.12. The van der Waals surface area contributed by atoms with Gasteiger partial charge in [0.15, 0.2) is 0 Å². The smallest absolute Gasteiger partial charge is 0.142 e. The summed E-state index contributed by atoms with van der Waals surface area (Å²) in [5.74, 6) is -0.573. The topological polar surface area (TPSA) is 12.5 Å². The first-order valence-electron chi connectivity index (χ1n) is 5.97. The van der Waals surface area contributed by atoms with Crippen LogP contribution < -0.4 is 0 Å². The van der Waals surface area contributed by atoms with E-state index < -0.39 is 5.60 Å². The molecule has 0 bridgehead atoms. The Hall–Kier alpha value is -2.00. The Bertz CT molecular complexity index is 610. The van der Waals surface area contributed by atoms with Gasteiger partial charge in [-0.3, -0.25) is 0 Å². The van der Waals surface area contributed by atoms with Crippen LogP contribution in [-0.2, 0) is 10.3 Å². The molecule has 1 heterocycles. The minimum absolute atomic E-state index is 0.285. The largest absolute Gasteiger partial charge is 0.359 e. The van der Waals surface area contributed by atoms with E-state index in [9.17, 15) is 8.78 Å². The minimum Gasteiger partial charge on any atom is -0.359 e. The van der Waals surface area contributed by atoms with E-state index in [2.05, 4.69) is 6.58 Å². The van der Waals surface area contributed by atoms with Gasteiger partial charge < -0.3 is 4.74 Å². The molecular formula is C16H12F2O. The van der Waals surface area contributed by atoms with Crippen molar-refractivity contribution in [1.29, 1.82) is 0 Å². The second-order valence-electron chi connectivity index (χ2n) is 4.61. The Morgan fingerprint density at radius 3 is 1.89 bits per heavy atom. The van der Waals surface area contributed by atoms with E-state index in [0.717, 1.165) is 16.7 Å². The lowest BCUT2D eigenvalue weighted by Crippen LogP contribution is -2.11. The van der Waals surface area contributed by atoms with Crippen molar-refractivity contribution >= 4 is 5.57 Å². The standard InChI is InChI=1S/C16H12F2O/c1-11(12-2-6-14(17)7-3-12)16(10-19-16)13-4-8-15(18)9-5-13/h2-9H,1,10H2. The van der Waals surface area contributed by atoms with Gasteiger partial charge in [-0.1, -0.05) is 30.8 Å². The van der Waals surface area contributed by atoms with Crippen LogP contribution in [0.2, 0.25) is 0 Å². The molecule has 0 saturated carbocycles. The van der Waals surface area contributed by atoms with Gasteiger partial charge in [0.1, 0.15) is 17.2 Å². The quantitative estimate of drug-likeness (QED) is 0.760. The molecule has 0 radical (unpaired) electrons. The van der Waals surface area contributed by atoms with Crippen molar-refractivity contribution in [1.82, 2.24) is 0 Å². The molecule has 1 atom stereocenters. The summed E-state index contributed by atoms with van der Waals surface area (Å²) in [6, 6.07) is 12.3.